The second-order valence-corrected chi connectivity index (χ2v) is 9.24. The third-order valence-corrected chi connectivity index (χ3v) is 6.63. The molecule has 0 saturated carbocycles. The van der Waals surface area contributed by atoms with Crippen LogP contribution < -0.4 is 9.80 Å². The van der Waals surface area contributed by atoms with Crippen molar-refractivity contribution in [2.24, 2.45) is 0 Å². The summed E-state index contributed by atoms with van der Waals surface area (Å²) in [5.74, 6) is 1.95. The van der Waals surface area contributed by atoms with Crippen LogP contribution in [0.15, 0.2) is 36.8 Å². The lowest BCUT2D eigenvalue weighted by atomic mass is 9.90. The monoisotopic (exact) mass is 444 g/mol. The Bertz CT molecular complexity index is 1070. The summed E-state index contributed by atoms with van der Waals surface area (Å²) in [4.78, 5) is 30.8. The summed E-state index contributed by atoms with van der Waals surface area (Å²) in [6.07, 6.45) is 7.89. The van der Waals surface area contributed by atoms with Crippen LogP contribution in [-0.2, 0) is 0 Å². The topological polar surface area (TPSA) is 74.2 Å². The van der Waals surface area contributed by atoms with Crippen molar-refractivity contribution >= 4 is 11.9 Å². The van der Waals surface area contributed by atoms with Crippen molar-refractivity contribution in [1.82, 2.24) is 29.8 Å². The van der Waals surface area contributed by atoms with Crippen LogP contribution in [0.5, 0.6) is 0 Å². The molecule has 8 nitrogen and oxygen atoms in total. The Hall–Kier alpha value is -3.13. The highest BCUT2D eigenvalue weighted by molar-refractivity contribution is 5.66. The van der Waals surface area contributed by atoms with Crippen molar-refractivity contribution in [3.63, 3.8) is 0 Å². The molecule has 0 amide bonds. The molecule has 172 valence electrons. The Kier molecular flexibility index (Phi) is 6.17. The zero-order valence-corrected chi connectivity index (χ0v) is 19.8. The lowest BCUT2D eigenvalue weighted by Gasteiger charge is -2.35. The molecule has 2 saturated heterocycles. The van der Waals surface area contributed by atoms with Crippen molar-refractivity contribution in [3.8, 4) is 11.1 Å². The molecule has 2 aliphatic rings. The van der Waals surface area contributed by atoms with E-state index in [1.807, 2.05) is 44.6 Å². The molecule has 5 rings (SSSR count). The van der Waals surface area contributed by atoms with E-state index in [4.69, 9.17) is 19.9 Å². The van der Waals surface area contributed by atoms with Crippen molar-refractivity contribution < 1.29 is 0 Å². The van der Waals surface area contributed by atoms with Gasteiger partial charge in [0.1, 0.15) is 0 Å². The number of piperidine rings is 1. The standard InChI is InChI=1S/C25H32N8/c1-18-14-19(2)29-25(28-18)33-9-5-7-21(17-33)23-22(20-6-4-8-26-15-20)16-27-24(30-23)32-12-10-31(3)11-13-32/h4,6,8,14-16,21H,5,7,9-13,17H2,1-3H3/t21-/m0/s1. The molecule has 2 aliphatic heterocycles. The zero-order chi connectivity index (χ0) is 22.8. The molecule has 3 aromatic rings. The van der Waals surface area contributed by atoms with Gasteiger partial charge in [0.15, 0.2) is 0 Å². The average molecular weight is 445 g/mol. The molecule has 0 spiro atoms. The number of likely N-dealkylation sites (N-methyl/N-ethyl adjacent to an activating group) is 1. The summed E-state index contributed by atoms with van der Waals surface area (Å²) in [5, 5.41) is 0. The van der Waals surface area contributed by atoms with Gasteiger partial charge in [-0.25, -0.2) is 19.9 Å². The van der Waals surface area contributed by atoms with E-state index in [9.17, 15) is 0 Å². The molecular formula is C25H32N8. The van der Waals surface area contributed by atoms with Crippen LogP contribution in [-0.4, -0.2) is 76.1 Å². The highest BCUT2D eigenvalue weighted by Gasteiger charge is 2.28. The molecule has 0 N–H and O–H groups in total. The lowest BCUT2D eigenvalue weighted by molar-refractivity contribution is 0.311. The summed E-state index contributed by atoms with van der Waals surface area (Å²) in [6.45, 7) is 9.87. The largest absolute Gasteiger partial charge is 0.340 e. The van der Waals surface area contributed by atoms with Gasteiger partial charge in [0.05, 0.1) is 5.69 Å². The van der Waals surface area contributed by atoms with Crippen molar-refractivity contribution in [3.05, 3.63) is 53.9 Å². The van der Waals surface area contributed by atoms with Gasteiger partial charge in [-0.1, -0.05) is 6.07 Å². The normalized spacial score (nSPS) is 19.7. The maximum absolute atomic E-state index is 5.19. The van der Waals surface area contributed by atoms with E-state index >= 15 is 0 Å². The Morgan fingerprint density at radius 1 is 0.879 bits per heavy atom. The number of rotatable bonds is 4. The van der Waals surface area contributed by atoms with E-state index in [1.54, 1.807) is 0 Å². The van der Waals surface area contributed by atoms with Gasteiger partial charge in [0.2, 0.25) is 11.9 Å². The van der Waals surface area contributed by atoms with Crippen LogP contribution in [0.25, 0.3) is 11.1 Å². The smallest absolute Gasteiger partial charge is 0.225 e. The number of hydrogen-bond donors (Lipinski definition) is 0. The highest BCUT2D eigenvalue weighted by Crippen LogP contribution is 2.34. The van der Waals surface area contributed by atoms with Crippen LogP contribution in [0.4, 0.5) is 11.9 Å². The Morgan fingerprint density at radius 2 is 1.67 bits per heavy atom. The number of anilines is 2. The Labute approximate surface area is 195 Å². The van der Waals surface area contributed by atoms with Crippen LogP contribution in [0, 0.1) is 13.8 Å². The van der Waals surface area contributed by atoms with E-state index < -0.39 is 0 Å². The first-order valence-corrected chi connectivity index (χ1v) is 11.8. The molecule has 0 radical (unpaired) electrons. The van der Waals surface area contributed by atoms with Crippen molar-refractivity contribution in [2.45, 2.75) is 32.6 Å². The van der Waals surface area contributed by atoms with E-state index in [1.165, 1.54) is 0 Å². The molecule has 8 heteroatoms. The zero-order valence-electron chi connectivity index (χ0n) is 19.8. The maximum Gasteiger partial charge on any atom is 0.225 e. The molecule has 2 fully saturated rings. The molecule has 1 atom stereocenters. The number of hydrogen-bond acceptors (Lipinski definition) is 8. The Balaban J connectivity index is 1.49. The minimum atomic E-state index is 0.285. The van der Waals surface area contributed by atoms with Crippen molar-refractivity contribution in [1.29, 1.82) is 0 Å². The second-order valence-electron chi connectivity index (χ2n) is 9.24. The third-order valence-electron chi connectivity index (χ3n) is 6.63. The predicted molar refractivity (Wildman–Crippen MR) is 131 cm³/mol. The summed E-state index contributed by atoms with van der Waals surface area (Å²) in [6, 6.07) is 6.10. The van der Waals surface area contributed by atoms with E-state index in [0.29, 0.717) is 0 Å². The number of aromatic nitrogens is 5. The second kappa shape index (κ2) is 9.39. The molecule has 0 aromatic carbocycles. The van der Waals surface area contributed by atoms with Gasteiger partial charge >= 0.3 is 0 Å². The summed E-state index contributed by atoms with van der Waals surface area (Å²) in [7, 11) is 2.17. The van der Waals surface area contributed by atoms with Gasteiger partial charge in [-0.15, -0.1) is 0 Å². The third kappa shape index (κ3) is 4.80. The fourth-order valence-corrected chi connectivity index (χ4v) is 4.83. The van der Waals surface area contributed by atoms with Crippen molar-refractivity contribution in [2.75, 3.05) is 56.1 Å². The van der Waals surface area contributed by atoms with Gasteiger partial charge in [-0.05, 0) is 45.9 Å². The van der Waals surface area contributed by atoms with Gasteiger partial charge in [-0.2, -0.15) is 0 Å². The van der Waals surface area contributed by atoms with Crippen LogP contribution in [0.2, 0.25) is 0 Å². The van der Waals surface area contributed by atoms with Gasteiger partial charge in [-0.3, -0.25) is 4.98 Å². The first-order chi connectivity index (χ1) is 16.1. The molecule has 0 aliphatic carbocycles. The SMILES string of the molecule is Cc1cc(C)nc(N2CCC[C@H](c3nc(N4CCN(C)CC4)ncc3-c3cccnc3)C2)n1. The minimum absolute atomic E-state index is 0.285. The van der Waals surface area contributed by atoms with E-state index in [-0.39, 0.29) is 5.92 Å². The Morgan fingerprint density at radius 3 is 2.39 bits per heavy atom. The van der Waals surface area contributed by atoms with E-state index in [0.717, 1.165) is 92.2 Å². The first kappa shape index (κ1) is 21.7. The van der Waals surface area contributed by atoms with Crippen LogP contribution >= 0.6 is 0 Å². The maximum atomic E-state index is 5.19. The van der Waals surface area contributed by atoms with Crippen LogP contribution in [0.3, 0.4) is 0 Å². The fourth-order valence-electron chi connectivity index (χ4n) is 4.83. The first-order valence-electron chi connectivity index (χ1n) is 11.8. The minimum Gasteiger partial charge on any atom is -0.340 e. The lowest BCUT2D eigenvalue weighted by Crippen LogP contribution is -2.45. The number of piperazine rings is 1. The van der Waals surface area contributed by atoms with Gasteiger partial charge in [0.25, 0.3) is 0 Å². The summed E-state index contributed by atoms with van der Waals surface area (Å²) < 4.78 is 0. The average Bonchev–Trinajstić information content (AvgIpc) is 2.84. The molecule has 3 aromatic heterocycles. The quantitative estimate of drug-likeness (QED) is 0.608. The fraction of sp³-hybridized carbons (Fsp3) is 0.480. The van der Waals surface area contributed by atoms with Gasteiger partial charge < -0.3 is 14.7 Å². The van der Waals surface area contributed by atoms with Gasteiger partial charge in [0, 0.05) is 86.3 Å². The summed E-state index contributed by atoms with van der Waals surface area (Å²) >= 11 is 0. The molecule has 33 heavy (non-hydrogen) atoms. The predicted octanol–water partition coefficient (Wildman–Crippen LogP) is 3.08. The molecular weight excluding hydrogens is 412 g/mol. The van der Waals surface area contributed by atoms with Crippen LogP contribution in [0.1, 0.15) is 35.8 Å². The summed E-state index contributed by atoms with van der Waals surface area (Å²) in [5.41, 5.74) is 5.28. The molecule has 0 unspecified atom stereocenters. The number of nitrogens with zero attached hydrogens (tertiary/aromatic N) is 8. The molecule has 0 bridgehead atoms. The number of aryl methyl sites for hydroxylation is 2. The highest BCUT2D eigenvalue weighted by atomic mass is 15.3. The van der Waals surface area contributed by atoms with E-state index in [2.05, 4.69) is 32.8 Å². The number of pyridine rings is 1. The molecule has 5 heterocycles.